The first-order valence-corrected chi connectivity index (χ1v) is 8.84. The van der Waals surface area contributed by atoms with Crippen LogP contribution in [0.25, 0.3) is 10.9 Å². The molecule has 2 aromatic carbocycles. The van der Waals surface area contributed by atoms with Gasteiger partial charge in [0, 0.05) is 46.5 Å². The average Bonchev–Trinajstić information content (AvgIpc) is 2.96. The molecule has 0 amide bonds. The smallest absolute Gasteiger partial charge is 0.163 e. The van der Waals surface area contributed by atoms with E-state index in [2.05, 4.69) is 36.2 Å². The number of hydrogen-bond acceptors (Lipinski definition) is 2. The van der Waals surface area contributed by atoms with Crippen LogP contribution in [0, 0.1) is 6.92 Å². The highest BCUT2D eigenvalue weighted by Gasteiger charge is 2.38. The van der Waals surface area contributed by atoms with Gasteiger partial charge < -0.3 is 9.72 Å². The van der Waals surface area contributed by atoms with Crippen LogP contribution in [-0.2, 0) is 4.79 Å². The van der Waals surface area contributed by atoms with Crippen LogP contribution in [0.3, 0.4) is 0 Å². The van der Waals surface area contributed by atoms with Crippen molar-refractivity contribution in [3.05, 3.63) is 76.7 Å². The van der Waals surface area contributed by atoms with E-state index in [9.17, 15) is 4.79 Å². The Morgan fingerprint density at radius 2 is 1.84 bits per heavy atom. The molecule has 1 N–H and O–H groups in total. The summed E-state index contributed by atoms with van der Waals surface area (Å²) in [5, 5.41) is 1.19. The number of carbonyl (C=O) groups excluding carboxylic acids is 1. The number of fused-ring (bicyclic) bond motifs is 2. The van der Waals surface area contributed by atoms with Crippen molar-refractivity contribution in [3.8, 4) is 5.75 Å². The van der Waals surface area contributed by atoms with E-state index in [4.69, 9.17) is 4.74 Å². The molecule has 2 heterocycles. The summed E-state index contributed by atoms with van der Waals surface area (Å²) in [4.78, 5) is 16.3. The molecule has 0 saturated carbocycles. The minimum atomic E-state index is -0.0519. The Morgan fingerprint density at radius 1 is 1.04 bits per heavy atom. The molecule has 1 atom stereocenters. The number of ether oxygens (including phenoxy) is 1. The molecule has 0 fully saturated rings. The molecule has 3 aromatic rings. The summed E-state index contributed by atoms with van der Waals surface area (Å²) < 4.78 is 6.14. The van der Waals surface area contributed by atoms with Gasteiger partial charge in [0.1, 0.15) is 11.5 Å². The summed E-state index contributed by atoms with van der Waals surface area (Å²) in [5.74, 6) is 1.92. The largest absolute Gasteiger partial charge is 0.461 e. The molecule has 3 nitrogen and oxygen atoms in total. The summed E-state index contributed by atoms with van der Waals surface area (Å²) in [5.41, 5.74) is 5.38. The molecule has 1 aliphatic heterocycles. The third kappa shape index (κ3) is 2.08. The normalized spacial score (nSPS) is 19.6. The fourth-order valence-electron chi connectivity index (χ4n) is 4.33. The van der Waals surface area contributed by atoms with Gasteiger partial charge in [-0.1, -0.05) is 36.4 Å². The van der Waals surface area contributed by atoms with Crippen molar-refractivity contribution >= 4 is 16.7 Å². The zero-order valence-electron chi connectivity index (χ0n) is 14.1. The molecule has 1 unspecified atom stereocenters. The number of allylic oxidation sites excluding steroid dienone is 2. The second-order valence-corrected chi connectivity index (χ2v) is 6.90. The number of aromatic amines is 1. The minimum absolute atomic E-state index is 0.0519. The van der Waals surface area contributed by atoms with Gasteiger partial charge >= 0.3 is 0 Å². The number of aromatic nitrogens is 1. The standard InChI is InChI=1S/C22H19NO2/c1-13-20(14-7-2-4-9-16(14)23-13)21-15-8-3-5-11-18(15)25-19-12-6-10-17(24)22(19)21/h2-5,7-9,11,21,23H,6,10,12H2,1H3. The number of nitrogens with one attached hydrogen (secondary N) is 1. The van der Waals surface area contributed by atoms with E-state index >= 15 is 0 Å². The van der Waals surface area contributed by atoms with Gasteiger partial charge in [0.05, 0.1) is 0 Å². The van der Waals surface area contributed by atoms with Crippen molar-refractivity contribution in [1.82, 2.24) is 4.98 Å². The number of carbonyl (C=O) groups is 1. The van der Waals surface area contributed by atoms with Crippen molar-refractivity contribution < 1.29 is 9.53 Å². The highest BCUT2D eigenvalue weighted by atomic mass is 16.5. The van der Waals surface area contributed by atoms with Crippen LogP contribution in [0.4, 0.5) is 0 Å². The lowest BCUT2D eigenvalue weighted by molar-refractivity contribution is -0.116. The van der Waals surface area contributed by atoms with Gasteiger partial charge in [0.25, 0.3) is 0 Å². The number of rotatable bonds is 1. The van der Waals surface area contributed by atoms with Crippen LogP contribution in [0.5, 0.6) is 5.75 Å². The van der Waals surface area contributed by atoms with Crippen molar-refractivity contribution in [1.29, 1.82) is 0 Å². The van der Waals surface area contributed by atoms with E-state index in [-0.39, 0.29) is 11.7 Å². The predicted octanol–water partition coefficient (Wildman–Crippen LogP) is 5.01. The minimum Gasteiger partial charge on any atom is -0.461 e. The van der Waals surface area contributed by atoms with Crippen LogP contribution in [0.15, 0.2) is 59.9 Å². The maximum atomic E-state index is 12.8. The first-order chi connectivity index (χ1) is 12.2. The van der Waals surface area contributed by atoms with Gasteiger partial charge in [-0.25, -0.2) is 0 Å². The van der Waals surface area contributed by atoms with E-state index in [1.165, 1.54) is 10.9 Å². The fraction of sp³-hybridized carbons (Fsp3) is 0.227. The molecule has 5 rings (SSSR count). The number of H-pyrrole nitrogens is 1. The third-order valence-corrected chi connectivity index (χ3v) is 5.39. The molecule has 124 valence electrons. The van der Waals surface area contributed by atoms with Crippen molar-refractivity contribution in [2.45, 2.75) is 32.1 Å². The molecule has 2 aliphatic rings. The summed E-state index contributed by atoms with van der Waals surface area (Å²) >= 11 is 0. The van der Waals surface area contributed by atoms with E-state index in [1.54, 1.807) is 0 Å². The fourth-order valence-corrected chi connectivity index (χ4v) is 4.33. The summed E-state index contributed by atoms with van der Waals surface area (Å²) in [7, 11) is 0. The Bertz CT molecular complexity index is 1040. The van der Waals surface area contributed by atoms with Crippen LogP contribution in [0.1, 0.15) is 42.0 Å². The molecular formula is C22H19NO2. The number of ketones is 1. The molecule has 0 bridgehead atoms. The maximum absolute atomic E-state index is 12.8. The molecule has 3 heteroatoms. The van der Waals surface area contributed by atoms with E-state index in [1.807, 2.05) is 24.3 Å². The number of Topliss-reactive ketones (excluding diaryl/α,β-unsaturated/α-hetero) is 1. The van der Waals surface area contributed by atoms with Crippen LogP contribution in [0.2, 0.25) is 0 Å². The monoisotopic (exact) mass is 329 g/mol. The van der Waals surface area contributed by atoms with Crippen molar-refractivity contribution in [2.24, 2.45) is 0 Å². The number of benzene rings is 2. The molecule has 1 aliphatic carbocycles. The molecule has 1 aromatic heterocycles. The van der Waals surface area contributed by atoms with Gasteiger partial charge in [-0.2, -0.15) is 0 Å². The van der Waals surface area contributed by atoms with Gasteiger partial charge in [0.2, 0.25) is 0 Å². The average molecular weight is 329 g/mol. The van der Waals surface area contributed by atoms with E-state index < -0.39 is 0 Å². The highest BCUT2D eigenvalue weighted by molar-refractivity contribution is 6.01. The summed E-state index contributed by atoms with van der Waals surface area (Å²) in [6.45, 7) is 2.10. The molecule has 25 heavy (non-hydrogen) atoms. The van der Waals surface area contributed by atoms with Gasteiger partial charge in [0.15, 0.2) is 5.78 Å². The third-order valence-electron chi connectivity index (χ3n) is 5.39. The Balaban J connectivity index is 1.84. The Labute approximate surface area is 146 Å². The Kier molecular flexibility index (Phi) is 3.11. The van der Waals surface area contributed by atoms with Gasteiger partial charge in [-0.15, -0.1) is 0 Å². The van der Waals surface area contributed by atoms with E-state index in [0.717, 1.165) is 46.7 Å². The number of aryl methyl sites for hydroxylation is 1. The zero-order valence-corrected chi connectivity index (χ0v) is 14.1. The topological polar surface area (TPSA) is 42.1 Å². The zero-order chi connectivity index (χ0) is 17.0. The summed E-state index contributed by atoms with van der Waals surface area (Å²) in [6, 6.07) is 16.4. The van der Waals surface area contributed by atoms with Crippen molar-refractivity contribution in [3.63, 3.8) is 0 Å². The highest BCUT2D eigenvalue weighted by Crippen LogP contribution is 2.48. The van der Waals surface area contributed by atoms with E-state index in [0.29, 0.717) is 6.42 Å². The molecule has 0 spiro atoms. The quantitative estimate of drug-likeness (QED) is 0.682. The van der Waals surface area contributed by atoms with Crippen LogP contribution >= 0.6 is 0 Å². The number of para-hydroxylation sites is 2. The lowest BCUT2D eigenvalue weighted by atomic mass is 9.76. The second-order valence-electron chi connectivity index (χ2n) is 6.90. The van der Waals surface area contributed by atoms with Crippen LogP contribution in [-0.4, -0.2) is 10.8 Å². The van der Waals surface area contributed by atoms with Crippen LogP contribution < -0.4 is 4.74 Å². The SMILES string of the molecule is Cc1[nH]c2ccccc2c1C1C2=C(CCCC2=O)Oc2ccccc21. The molecule has 0 radical (unpaired) electrons. The Morgan fingerprint density at radius 3 is 2.76 bits per heavy atom. The maximum Gasteiger partial charge on any atom is 0.163 e. The first-order valence-electron chi connectivity index (χ1n) is 8.84. The van der Waals surface area contributed by atoms with Crippen molar-refractivity contribution in [2.75, 3.05) is 0 Å². The number of hydrogen-bond donors (Lipinski definition) is 1. The second kappa shape index (κ2) is 5.35. The van der Waals surface area contributed by atoms with Gasteiger partial charge in [-0.05, 0) is 31.0 Å². The Hall–Kier alpha value is -2.81. The molecule has 0 saturated heterocycles. The first kappa shape index (κ1) is 14.5. The predicted molar refractivity (Wildman–Crippen MR) is 97.8 cm³/mol. The lowest BCUT2D eigenvalue weighted by Crippen LogP contribution is -2.25. The molecular weight excluding hydrogens is 310 g/mol. The summed E-state index contributed by atoms with van der Waals surface area (Å²) in [6.07, 6.45) is 2.33. The lowest BCUT2D eigenvalue weighted by Gasteiger charge is -2.33. The van der Waals surface area contributed by atoms with Gasteiger partial charge in [-0.3, -0.25) is 4.79 Å².